The first kappa shape index (κ1) is 11.6. The molecular formula is C16H14N2O. The molecular weight excluding hydrogens is 236 g/mol. The summed E-state index contributed by atoms with van der Waals surface area (Å²) in [5.74, 6) is 0.944. The second kappa shape index (κ2) is 5.03. The van der Waals surface area contributed by atoms with Crippen LogP contribution in [0.1, 0.15) is 11.1 Å². The van der Waals surface area contributed by atoms with E-state index >= 15 is 0 Å². The summed E-state index contributed by atoms with van der Waals surface area (Å²) < 4.78 is 5.75. The van der Waals surface area contributed by atoms with E-state index in [1.807, 2.05) is 42.5 Å². The number of nitrogens with zero attached hydrogens (tertiary/aromatic N) is 2. The number of benzene rings is 2. The maximum atomic E-state index is 9.21. The standard InChI is InChI=1S/C16H14N2O/c17-11-13-5-1-3-7-15(13)18-9-10-19-16-8-4-2-6-14(16)12-18/h1-8H,9-10,12H2. The first-order valence-electron chi connectivity index (χ1n) is 6.33. The Balaban J connectivity index is 1.97. The van der Waals surface area contributed by atoms with Gasteiger partial charge in [-0.3, -0.25) is 0 Å². The molecule has 0 saturated heterocycles. The van der Waals surface area contributed by atoms with E-state index < -0.39 is 0 Å². The fourth-order valence-electron chi connectivity index (χ4n) is 2.38. The molecule has 3 nitrogen and oxygen atoms in total. The number of para-hydroxylation sites is 2. The van der Waals surface area contributed by atoms with E-state index in [9.17, 15) is 5.26 Å². The van der Waals surface area contributed by atoms with Crippen LogP contribution in [0, 0.1) is 11.3 Å². The van der Waals surface area contributed by atoms with Gasteiger partial charge in [-0.2, -0.15) is 5.26 Å². The fourth-order valence-corrected chi connectivity index (χ4v) is 2.38. The lowest BCUT2D eigenvalue weighted by Crippen LogP contribution is -2.25. The predicted octanol–water partition coefficient (Wildman–Crippen LogP) is 2.96. The van der Waals surface area contributed by atoms with Crippen LogP contribution in [-0.4, -0.2) is 13.2 Å². The summed E-state index contributed by atoms with van der Waals surface area (Å²) >= 11 is 0. The number of hydrogen-bond donors (Lipinski definition) is 0. The Morgan fingerprint density at radius 2 is 1.84 bits per heavy atom. The minimum absolute atomic E-state index is 0.636. The van der Waals surface area contributed by atoms with Gasteiger partial charge < -0.3 is 9.64 Å². The molecule has 0 fully saturated rings. The molecule has 2 aromatic rings. The molecule has 3 rings (SSSR count). The SMILES string of the molecule is N#Cc1ccccc1N1CCOc2ccccc2C1. The highest BCUT2D eigenvalue weighted by molar-refractivity contribution is 5.60. The quantitative estimate of drug-likeness (QED) is 0.780. The van der Waals surface area contributed by atoms with Gasteiger partial charge in [-0.1, -0.05) is 30.3 Å². The maximum absolute atomic E-state index is 9.21. The van der Waals surface area contributed by atoms with Crippen LogP contribution in [0.4, 0.5) is 5.69 Å². The summed E-state index contributed by atoms with van der Waals surface area (Å²) in [5, 5.41) is 9.21. The first-order valence-corrected chi connectivity index (χ1v) is 6.33. The molecule has 0 aromatic heterocycles. The molecule has 0 atom stereocenters. The van der Waals surface area contributed by atoms with Gasteiger partial charge >= 0.3 is 0 Å². The van der Waals surface area contributed by atoms with Crippen molar-refractivity contribution in [2.75, 3.05) is 18.1 Å². The minimum Gasteiger partial charge on any atom is -0.491 e. The summed E-state index contributed by atoms with van der Waals surface area (Å²) in [6, 6.07) is 18.0. The van der Waals surface area contributed by atoms with Gasteiger partial charge in [-0.15, -0.1) is 0 Å². The molecule has 1 aliphatic heterocycles. The van der Waals surface area contributed by atoms with E-state index in [1.165, 1.54) is 0 Å². The Morgan fingerprint density at radius 1 is 1.05 bits per heavy atom. The predicted molar refractivity (Wildman–Crippen MR) is 74.1 cm³/mol. The van der Waals surface area contributed by atoms with Gasteiger partial charge in [0.25, 0.3) is 0 Å². The van der Waals surface area contributed by atoms with E-state index in [0.717, 1.165) is 30.1 Å². The molecule has 0 amide bonds. The van der Waals surface area contributed by atoms with Crippen LogP contribution in [-0.2, 0) is 6.54 Å². The molecule has 0 spiro atoms. The van der Waals surface area contributed by atoms with Gasteiger partial charge in [-0.05, 0) is 18.2 Å². The summed E-state index contributed by atoms with van der Waals surface area (Å²) in [6.07, 6.45) is 0. The third-order valence-electron chi connectivity index (χ3n) is 3.32. The third kappa shape index (κ3) is 2.25. The molecule has 3 heteroatoms. The Morgan fingerprint density at radius 3 is 2.74 bits per heavy atom. The van der Waals surface area contributed by atoms with Gasteiger partial charge in [0.2, 0.25) is 0 Å². The number of rotatable bonds is 1. The molecule has 0 radical (unpaired) electrons. The average molecular weight is 250 g/mol. The summed E-state index contributed by atoms with van der Waals surface area (Å²) in [4.78, 5) is 2.20. The molecule has 19 heavy (non-hydrogen) atoms. The zero-order valence-corrected chi connectivity index (χ0v) is 10.5. The lowest BCUT2D eigenvalue weighted by atomic mass is 10.1. The van der Waals surface area contributed by atoms with Crippen molar-refractivity contribution in [1.82, 2.24) is 0 Å². The largest absolute Gasteiger partial charge is 0.491 e. The van der Waals surface area contributed by atoms with E-state index in [0.29, 0.717) is 12.2 Å². The highest BCUT2D eigenvalue weighted by atomic mass is 16.5. The zero-order chi connectivity index (χ0) is 13.1. The van der Waals surface area contributed by atoms with Crippen LogP contribution in [0.25, 0.3) is 0 Å². The smallest absolute Gasteiger partial charge is 0.124 e. The van der Waals surface area contributed by atoms with Crippen molar-refractivity contribution < 1.29 is 4.74 Å². The summed E-state index contributed by atoms with van der Waals surface area (Å²) in [7, 11) is 0. The minimum atomic E-state index is 0.636. The summed E-state index contributed by atoms with van der Waals surface area (Å²) in [5.41, 5.74) is 2.85. The van der Waals surface area contributed by atoms with Crippen LogP contribution in [0.5, 0.6) is 5.75 Å². The highest BCUT2D eigenvalue weighted by Crippen LogP contribution is 2.27. The van der Waals surface area contributed by atoms with Crippen molar-refractivity contribution >= 4 is 5.69 Å². The van der Waals surface area contributed by atoms with Crippen molar-refractivity contribution in [3.63, 3.8) is 0 Å². The molecule has 2 aromatic carbocycles. The van der Waals surface area contributed by atoms with Gasteiger partial charge in [0.1, 0.15) is 18.4 Å². The van der Waals surface area contributed by atoms with E-state index in [-0.39, 0.29) is 0 Å². The normalized spacial score (nSPS) is 13.9. The van der Waals surface area contributed by atoms with Crippen LogP contribution in [0.3, 0.4) is 0 Å². The highest BCUT2D eigenvalue weighted by Gasteiger charge is 2.17. The second-order valence-corrected chi connectivity index (χ2v) is 4.51. The number of fused-ring (bicyclic) bond motifs is 1. The van der Waals surface area contributed by atoms with Crippen LogP contribution < -0.4 is 9.64 Å². The number of nitriles is 1. The molecule has 0 N–H and O–H groups in total. The van der Waals surface area contributed by atoms with Crippen molar-refractivity contribution in [2.45, 2.75) is 6.54 Å². The molecule has 1 aliphatic rings. The van der Waals surface area contributed by atoms with Crippen molar-refractivity contribution in [3.05, 3.63) is 59.7 Å². The monoisotopic (exact) mass is 250 g/mol. The Kier molecular flexibility index (Phi) is 3.07. The van der Waals surface area contributed by atoms with Crippen molar-refractivity contribution in [1.29, 1.82) is 5.26 Å². The van der Waals surface area contributed by atoms with Gasteiger partial charge in [0, 0.05) is 12.1 Å². The fraction of sp³-hybridized carbons (Fsp3) is 0.188. The zero-order valence-electron chi connectivity index (χ0n) is 10.5. The van der Waals surface area contributed by atoms with Crippen molar-refractivity contribution in [2.24, 2.45) is 0 Å². The molecule has 0 bridgehead atoms. The number of ether oxygens (including phenoxy) is 1. The van der Waals surface area contributed by atoms with Crippen LogP contribution in [0.2, 0.25) is 0 Å². The van der Waals surface area contributed by atoms with E-state index in [1.54, 1.807) is 0 Å². The average Bonchev–Trinajstić information content (AvgIpc) is 2.69. The Hall–Kier alpha value is -2.47. The Bertz CT molecular complexity index is 631. The molecule has 94 valence electrons. The van der Waals surface area contributed by atoms with E-state index in [4.69, 9.17) is 4.74 Å². The lowest BCUT2D eigenvalue weighted by Gasteiger charge is -2.23. The van der Waals surface area contributed by atoms with Gasteiger partial charge in [0.05, 0.1) is 17.8 Å². The molecule has 0 aliphatic carbocycles. The maximum Gasteiger partial charge on any atom is 0.124 e. The van der Waals surface area contributed by atoms with Gasteiger partial charge in [0.15, 0.2) is 0 Å². The van der Waals surface area contributed by atoms with Crippen LogP contribution in [0.15, 0.2) is 48.5 Å². The topological polar surface area (TPSA) is 36.3 Å². The number of hydrogen-bond acceptors (Lipinski definition) is 3. The third-order valence-corrected chi connectivity index (χ3v) is 3.32. The summed E-state index contributed by atoms with van der Waals surface area (Å²) in [6.45, 7) is 2.19. The van der Waals surface area contributed by atoms with Crippen LogP contribution >= 0.6 is 0 Å². The lowest BCUT2D eigenvalue weighted by molar-refractivity contribution is 0.331. The molecule has 0 saturated carbocycles. The first-order chi connectivity index (χ1) is 9.38. The molecule has 1 heterocycles. The van der Waals surface area contributed by atoms with Crippen molar-refractivity contribution in [3.8, 4) is 11.8 Å². The molecule has 0 unspecified atom stereocenters. The van der Waals surface area contributed by atoms with E-state index in [2.05, 4.69) is 17.0 Å². The second-order valence-electron chi connectivity index (χ2n) is 4.51. The van der Waals surface area contributed by atoms with Gasteiger partial charge in [-0.25, -0.2) is 0 Å². The Labute approximate surface area is 112 Å². The number of anilines is 1.